The van der Waals surface area contributed by atoms with Gasteiger partial charge in [0, 0.05) is 10.8 Å². The van der Waals surface area contributed by atoms with Crippen LogP contribution in [0.1, 0.15) is 77.7 Å². The maximum Gasteiger partial charge on any atom is 0.311 e. The summed E-state index contributed by atoms with van der Waals surface area (Å²) in [5.74, 6) is 0.180. The van der Waals surface area contributed by atoms with Gasteiger partial charge in [-0.3, -0.25) is 9.59 Å². The first-order valence-corrected chi connectivity index (χ1v) is 14.6. The number of ether oxygens (including phenoxy) is 1. The van der Waals surface area contributed by atoms with Crippen molar-refractivity contribution < 1.29 is 22.7 Å². The van der Waals surface area contributed by atoms with Gasteiger partial charge in [-0.25, -0.2) is 0 Å². The van der Waals surface area contributed by atoms with Crippen molar-refractivity contribution in [3.05, 3.63) is 29.8 Å². The smallest absolute Gasteiger partial charge is 0.311 e. The molecule has 0 saturated heterocycles. The lowest BCUT2D eigenvalue weighted by Gasteiger charge is -2.63. The molecule has 4 fully saturated rings. The molecule has 1 aromatic rings. The molecule has 36 heavy (non-hydrogen) atoms. The Balaban J connectivity index is 1.48. The van der Waals surface area contributed by atoms with Gasteiger partial charge < -0.3 is 4.74 Å². The van der Waals surface area contributed by atoms with Gasteiger partial charge in [-0.2, -0.15) is 18.4 Å². The molecule has 8 heteroatoms. The van der Waals surface area contributed by atoms with Crippen LogP contribution in [0.25, 0.3) is 0 Å². The van der Waals surface area contributed by atoms with E-state index >= 15 is 0 Å². The molecule has 0 aliphatic heterocycles. The van der Waals surface area contributed by atoms with Crippen LogP contribution in [0, 0.1) is 40.4 Å². The molecule has 0 radical (unpaired) electrons. The highest BCUT2D eigenvalue weighted by molar-refractivity contribution is 7.89. The van der Waals surface area contributed by atoms with Gasteiger partial charge in [0.25, 0.3) is 10.0 Å². The van der Waals surface area contributed by atoms with Crippen LogP contribution >= 0.6 is 0 Å². The second-order valence-corrected chi connectivity index (χ2v) is 14.2. The number of fused-ring (bicyclic) bond motifs is 3. The number of aryl methyl sites for hydroxylation is 1. The van der Waals surface area contributed by atoms with Gasteiger partial charge in [0.1, 0.15) is 5.71 Å². The highest BCUT2D eigenvalue weighted by Crippen LogP contribution is 2.72. The summed E-state index contributed by atoms with van der Waals surface area (Å²) in [5.41, 5.74) is -0.338. The Kier molecular flexibility index (Phi) is 5.75. The van der Waals surface area contributed by atoms with Gasteiger partial charge in [-0.05, 0) is 88.2 Å². The van der Waals surface area contributed by atoms with Crippen molar-refractivity contribution in [3.63, 3.8) is 0 Å². The van der Waals surface area contributed by atoms with Crippen LogP contribution in [-0.4, -0.2) is 33.0 Å². The molecule has 196 valence electrons. The van der Waals surface area contributed by atoms with Crippen molar-refractivity contribution in [2.24, 2.45) is 38.6 Å². The second-order valence-electron chi connectivity index (χ2n) is 12.5. The van der Waals surface area contributed by atoms with Crippen LogP contribution in [0.15, 0.2) is 34.3 Å². The van der Waals surface area contributed by atoms with Gasteiger partial charge >= 0.3 is 5.97 Å². The lowest BCUT2D eigenvalue weighted by atomic mass is 9.40. The molecule has 0 aromatic heterocycles. The third kappa shape index (κ3) is 3.42. The molecule has 7 nitrogen and oxygen atoms in total. The minimum Gasteiger partial charge on any atom is -0.469 e. The van der Waals surface area contributed by atoms with Gasteiger partial charge in [-0.1, -0.05) is 38.0 Å². The van der Waals surface area contributed by atoms with E-state index in [9.17, 15) is 18.0 Å². The summed E-state index contributed by atoms with van der Waals surface area (Å²) in [6.07, 6.45) is 6.63. The zero-order valence-corrected chi connectivity index (χ0v) is 22.8. The summed E-state index contributed by atoms with van der Waals surface area (Å²) in [7, 11) is -2.41. The van der Waals surface area contributed by atoms with Crippen LogP contribution in [0.4, 0.5) is 0 Å². The topological polar surface area (TPSA) is 102 Å². The summed E-state index contributed by atoms with van der Waals surface area (Å²) in [6, 6.07) is 6.58. The third-order valence-corrected chi connectivity index (χ3v) is 11.7. The van der Waals surface area contributed by atoms with Crippen molar-refractivity contribution in [1.29, 1.82) is 0 Å². The largest absolute Gasteiger partial charge is 0.469 e. The maximum atomic E-state index is 14.2. The third-order valence-electron chi connectivity index (χ3n) is 10.5. The highest BCUT2D eigenvalue weighted by atomic mass is 32.2. The van der Waals surface area contributed by atoms with E-state index in [1.54, 1.807) is 24.3 Å². The normalized spacial score (nSPS) is 40.9. The Morgan fingerprint density at radius 2 is 1.69 bits per heavy atom. The molecular weight excluding hydrogens is 476 g/mol. The molecule has 5 rings (SSSR count). The second kappa shape index (κ2) is 8.14. The number of sulfonamides is 1. The molecule has 0 heterocycles. The number of nitrogens with zero attached hydrogens (tertiary/aromatic N) is 1. The number of esters is 1. The van der Waals surface area contributed by atoms with Crippen molar-refractivity contribution in [3.8, 4) is 0 Å². The minimum absolute atomic E-state index is 0.00382. The Morgan fingerprint density at radius 1 is 1.03 bits per heavy atom. The highest BCUT2D eigenvalue weighted by Gasteiger charge is 2.71. The molecule has 1 N–H and O–H groups in total. The van der Waals surface area contributed by atoms with E-state index in [-0.39, 0.29) is 33.9 Å². The Morgan fingerprint density at radius 3 is 2.36 bits per heavy atom. The fourth-order valence-corrected chi connectivity index (χ4v) is 9.66. The summed E-state index contributed by atoms with van der Waals surface area (Å²) in [5, 5.41) is 4.33. The molecule has 2 bridgehead atoms. The standard InChI is InChI=1S/C28H38N2O5S/c1-18-7-9-19(10-8-18)36(33,34)30-29-22-23(31)28-16-12-20-26(3,21(28)11-15-25(22,2)17-28)13-6-14-27(20,4)24(32)35-5/h7-10,20-21,30H,6,11-17H2,1-5H3/b29-22+/t20-,21-,25-,26+,27+,28-/m0/s1. The summed E-state index contributed by atoms with van der Waals surface area (Å²) < 4.78 is 31.1. The lowest BCUT2D eigenvalue weighted by Crippen LogP contribution is -2.60. The summed E-state index contributed by atoms with van der Waals surface area (Å²) in [4.78, 5) is 29.6. The molecule has 4 saturated carbocycles. The number of carbonyl (C=O) groups excluding carboxylic acids is 2. The first-order chi connectivity index (χ1) is 16.8. The molecule has 4 aliphatic carbocycles. The number of methoxy groups -OCH3 is 1. The monoisotopic (exact) mass is 514 g/mol. The average Bonchev–Trinajstić information content (AvgIpc) is 2.97. The maximum absolute atomic E-state index is 14.2. The van der Waals surface area contributed by atoms with Crippen LogP contribution in [0.5, 0.6) is 0 Å². The number of benzene rings is 1. The van der Waals surface area contributed by atoms with Crippen LogP contribution < -0.4 is 4.83 Å². The van der Waals surface area contributed by atoms with E-state index in [1.807, 2.05) is 6.92 Å². The van der Waals surface area contributed by atoms with Crippen molar-refractivity contribution in [2.45, 2.75) is 84.0 Å². The van der Waals surface area contributed by atoms with E-state index < -0.39 is 26.3 Å². The number of hydrogen-bond acceptors (Lipinski definition) is 6. The molecule has 0 unspecified atom stereocenters. The number of nitrogens with one attached hydrogen (secondary N) is 1. The number of carbonyl (C=O) groups is 2. The van der Waals surface area contributed by atoms with E-state index in [0.717, 1.165) is 44.1 Å². The number of hydrogen-bond donors (Lipinski definition) is 1. The fourth-order valence-electron chi connectivity index (χ4n) is 8.85. The summed E-state index contributed by atoms with van der Waals surface area (Å²) in [6.45, 7) is 8.29. The van der Waals surface area contributed by atoms with E-state index in [4.69, 9.17) is 4.74 Å². The SMILES string of the molecule is COC(=O)[C@]1(C)CCC[C@@]2(C)[C@@H]3CC[C@@]4(C)C[C@]3(CC[C@@H]21)C(=O)/C4=N\NS(=O)(=O)c1ccc(C)cc1. The Hall–Kier alpha value is -2.22. The average molecular weight is 515 g/mol. The molecular formula is C28H38N2O5S. The van der Waals surface area contributed by atoms with Crippen LogP contribution in [0.3, 0.4) is 0 Å². The molecule has 4 aliphatic rings. The van der Waals surface area contributed by atoms with E-state index in [0.29, 0.717) is 18.6 Å². The molecule has 0 amide bonds. The Labute approximate surface area is 214 Å². The number of rotatable bonds is 4. The first kappa shape index (κ1) is 25.4. The number of hydrazone groups is 1. The van der Waals surface area contributed by atoms with E-state index in [1.165, 1.54) is 7.11 Å². The van der Waals surface area contributed by atoms with Crippen LogP contribution in [-0.2, 0) is 24.3 Å². The number of Topliss-reactive ketones (excluding diaryl/α,β-unsaturated/α-hetero) is 1. The summed E-state index contributed by atoms with van der Waals surface area (Å²) >= 11 is 0. The molecule has 1 spiro atoms. The first-order valence-electron chi connectivity index (χ1n) is 13.1. The van der Waals surface area contributed by atoms with Gasteiger partial charge in [0.15, 0.2) is 5.78 Å². The van der Waals surface area contributed by atoms with Gasteiger partial charge in [0.05, 0.1) is 17.4 Å². The zero-order valence-electron chi connectivity index (χ0n) is 22.0. The predicted molar refractivity (Wildman–Crippen MR) is 137 cm³/mol. The quantitative estimate of drug-likeness (QED) is 0.460. The number of ketones is 1. The van der Waals surface area contributed by atoms with Crippen molar-refractivity contribution in [2.75, 3.05) is 7.11 Å². The fraction of sp³-hybridized carbons (Fsp3) is 0.679. The van der Waals surface area contributed by atoms with Gasteiger partial charge in [0.2, 0.25) is 0 Å². The lowest BCUT2D eigenvalue weighted by molar-refractivity contribution is -0.186. The van der Waals surface area contributed by atoms with E-state index in [2.05, 4.69) is 30.7 Å². The predicted octanol–water partition coefficient (Wildman–Crippen LogP) is 4.78. The van der Waals surface area contributed by atoms with Crippen molar-refractivity contribution >= 4 is 27.5 Å². The Bertz CT molecular complexity index is 1240. The molecule has 6 atom stereocenters. The minimum atomic E-state index is -3.88. The molecule has 1 aromatic carbocycles. The zero-order chi connectivity index (χ0) is 26.1. The van der Waals surface area contributed by atoms with Crippen LogP contribution in [0.2, 0.25) is 0 Å². The van der Waals surface area contributed by atoms with Gasteiger partial charge in [-0.15, -0.1) is 0 Å². The van der Waals surface area contributed by atoms with Crippen molar-refractivity contribution in [1.82, 2.24) is 4.83 Å².